The van der Waals surface area contributed by atoms with Crippen LogP contribution < -0.4 is 16.4 Å². The quantitative estimate of drug-likeness (QED) is 0.228. The minimum atomic E-state index is -0.310. The Morgan fingerprint density at radius 1 is 0.806 bits per heavy atom. The van der Waals surface area contributed by atoms with Crippen molar-refractivity contribution >= 4 is 34.3 Å². The van der Waals surface area contributed by atoms with Gasteiger partial charge < -0.3 is 16.4 Å². The van der Waals surface area contributed by atoms with Crippen LogP contribution >= 0.6 is 0 Å². The fourth-order valence-corrected chi connectivity index (χ4v) is 4.07. The summed E-state index contributed by atoms with van der Waals surface area (Å²) in [5, 5.41) is 13.6. The van der Waals surface area contributed by atoms with E-state index < -0.39 is 0 Å². The van der Waals surface area contributed by atoms with Gasteiger partial charge >= 0.3 is 6.03 Å². The lowest BCUT2D eigenvalue weighted by Gasteiger charge is -2.19. The van der Waals surface area contributed by atoms with Gasteiger partial charge in [-0.2, -0.15) is 5.10 Å². The minimum absolute atomic E-state index is 0.137. The fraction of sp³-hybridized carbons (Fsp3) is 0.138. The zero-order valence-electron chi connectivity index (χ0n) is 20.5. The number of anilines is 3. The zero-order chi connectivity index (χ0) is 25.3. The third-order valence-electron chi connectivity index (χ3n) is 6.03. The molecule has 2 aromatic heterocycles. The van der Waals surface area contributed by atoms with Gasteiger partial charge in [0.05, 0.1) is 5.39 Å². The van der Waals surface area contributed by atoms with E-state index in [0.29, 0.717) is 22.8 Å². The first-order valence-corrected chi connectivity index (χ1v) is 11.8. The molecule has 5 aromatic rings. The molecule has 0 radical (unpaired) electrons. The predicted molar refractivity (Wildman–Crippen MR) is 147 cm³/mol. The van der Waals surface area contributed by atoms with E-state index in [9.17, 15) is 4.79 Å². The van der Waals surface area contributed by atoms with Gasteiger partial charge in [0.2, 0.25) is 0 Å². The molecule has 180 valence electrons. The molecule has 5 N–H and O–H groups in total. The Morgan fingerprint density at radius 3 is 1.94 bits per heavy atom. The van der Waals surface area contributed by atoms with Crippen molar-refractivity contribution in [3.8, 4) is 22.3 Å². The lowest BCUT2D eigenvalue weighted by Crippen LogP contribution is -2.19. The monoisotopic (exact) mass is 476 g/mol. The van der Waals surface area contributed by atoms with Crippen molar-refractivity contribution in [3.05, 3.63) is 90.6 Å². The van der Waals surface area contributed by atoms with Crippen LogP contribution in [0.2, 0.25) is 0 Å². The van der Waals surface area contributed by atoms with E-state index in [1.807, 2.05) is 66.7 Å². The molecule has 36 heavy (non-hydrogen) atoms. The Hall–Kier alpha value is -4.65. The van der Waals surface area contributed by atoms with Gasteiger partial charge in [0, 0.05) is 22.5 Å². The molecule has 0 unspecified atom stereocenters. The van der Waals surface area contributed by atoms with Crippen molar-refractivity contribution in [1.82, 2.24) is 15.2 Å². The number of aromatic amines is 1. The SMILES string of the molecule is CC(C)(C)c1cc(-c2ccc(NC(=O)Nc3ccc(-c4ccccc4)cc3)cc2)c2c(N)n[nH]c2n1. The number of rotatable bonds is 4. The Balaban J connectivity index is 1.32. The Labute approximate surface area is 209 Å². The number of carbonyl (C=O) groups is 1. The molecule has 2 amide bonds. The average Bonchev–Trinajstić information content (AvgIpc) is 3.25. The maximum atomic E-state index is 12.6. The molecule has 0 saturated heterocycles. The van der Waals surface area contributed by atoms with Gasteiger partial charge in [0.1, 0.15) is 0 Å². The van der Waals surface area contributed by atoms with Crippen LogP contribution in [-0.2, 0) is 5.41 Å². The number of nitrogen functional groups attached to an aromatic ring is 1. The molecule has 0 fully saturated rings. The number of aromatic nitrogens is 3. The third-order valence-corrected chi connectivity index (χ3v) is 6.03. The summed E-state index contributed by atoms with van der Waals surface area (Å²) in [4.78, 5) is 17.3. The number of nitrogens with zero attached hydrogens (tertiary/aromatic N) is 2. The van der Waals surface area contributed by atoms with Crippen LogP contribution in [-0.4, -0.2) is 21.2 Å². The molecule has 3 aromatic carbocycles. The van der Waals surface area contributed by atoms with Gasteiger partial charge in [-0.1, -0.05) is 75.4 Å². The minimum Gasteiger partial charge on any atom is -0.382 e. The second-order valence-corrected chi connectivity index (χ2v) is 9.74. The van der Waals surface area contributed by atoms with Crippen molar-refractivity contribution in [1.29, 1.82) is 0 Å². The maximum absolute atomic E-state index is 12.6. The van der Waals surface area contributed by atoms with Crippen molar-refractivity contribution in [2.45, 2.75) is 26.2 Å². The summed E-state index contributed by atoms with van der Waals surface area (Å²) in [6, 6.07) is 27.3. The number of pyridine rings is 1. The topological polar surface area (TPSA) is 109 Å². The Morgan fingerprint density at radius 2 is 1.36 bits per heavy atom. The summed E-state index contributed by atoms with van der Waals surface area (Å²) in [7, 11) is 0. The Bertz CT molecular complexity index is 1520. The summed E-state index contributed by atoms with van der Waals surface area (Å²) >= 11 is 0. The van der Waals surface area contributed by atoms with E-state index in [0.717, 1.165) is 33.3 Å². The molecular formula is C29H28N6O. The highest BCUT2D eigenvalue weighted by Gasteiger charge is 2.21. The van der Waals surface area contributed by atoms with Gasteiger partial charge in [-0.05, 0) is 52.6 Å². The smallest absolute Gasteiger partial charge is 0.323 e. The number of hydrogen-bond donors (Lipinski definition) is 4. The molecule has 0 atom stereocenters. The summed E-state index contributed by atoms with van der Waals surface area (Å²) in [6.07, 6.45) is 0. The van der Waals surface area contributed by atoms with Gasteiger partial charge in [-0.15, -0.1) is 0 Å². The highest BCUT2D eigenvalue weighted by molar-refractivity contribution is 6.02. The molecule has 0 bridgehead atoms. The third kappa shape index (κ3) is 4.77. The van der Waals surface area contributed by atoms with Crippen molar-refractivity contribution in [2.24, 2.45) is 0 Å². The molecule has 2 heterocycles. The van der Waals surface area contributed by atoms with Crippen LogP contribution in [0.15, 0.2) is 84.9 Å². The second-order valence-electron chi connectivity index (χ2n) is 9.74. The number of amides is 2. The number of nitrogens with two attached hydrogens (primary N) is 1. The fourth-order valence-electron chi connectivity index (χ4n) is 4.07. The lowest BCUT2D eigenvalue weighted by molar-refractivity contribution is 0.262. The van der Waals surface area contributed by atoms with Gasteiger partial charge in [-0.25, -0.2) is 9.78 Å². The molecule has 0 aliphatic heterocycles. The number of H-pyrrole nitrogens is 1. The normalized spacial score (nSPS) is 11.4. The summed E-state index contributed by atoms with van der Waals surface area (Å²) in [5.74, 6) is 0.410. The summed E-state index contributed by atoms with van der Waals surface area (Å²) in [6.45, 7) is 6.35. The summed E-state index contributed by atoms with van der Waals surface area (Å²) in [5.41, 5.74) is 13.1. The molecular weight excluding hydrogens is 448 g/mol. The van der Waals surface area contributed by atoms with Gasteiger partial charge in [0.25, 0.3) is 0 Å². The number of nitrogens with one attached hydrogen (secondary N) is 3. The number of benzene rings is 3. The molecule has 7 heteroatoms. The first-order chi connectivity index (χ1) is 17.3. The van der Waals surface area contributed by atoms with E-state index in [1.54, 1.807) is 0 Å². The van der Waals surface area contributed by atoms with E-state index in [-0.39, 0.29) is 11.4 Å². The number of fused-ring (bicyclic) bond motifs is 1. The Kier molecular flexibility index (Phi) is 5.90. The van der Waals surface area contributed by atoms with Gasteiger partial charge in [0.15, 0.2) is 11.5 Å². The van der Waals surface area contributed by atoms with Crippen LogP contribution in [0.3, 0.4) is 0 Å². The van der Waals surface area contributed by atoms with Crippen LogP contribution in [0.25, 0.3) is 33.3 Å². The largest absolute Gasteiger partial charge is 0.382 e. The van der Waals surface area contributed by atoms with E-state index >= 15 is 0 Å². The summed E-state index contributed by atoms with van der Waals surface area (Å²) < 4.78 is 0. The van der Waals surface area contributed by atoms with E-state index in [4.69, 9.17) is 10.7 Å². The maximum Gasteiger partial charge on any atom is 0.323 e. The molecule has 0 saturated carbocycles. The number of carbonyl (C=O) groups excluding carboxylic acids is 1. The molecule has 7 nitrogen and oxygen atoms in total. The van der Waals surface area contributed by atoms with Crippen LogP contribution in [0.1, 0.15) is 26.5 Å². The second kappa shape index (κ2) is 9.19. The lowest BCUT2D eigenvalue weighted by atomic mass is 9.89. The van der Waals surface area contributed by atoms with Crippen LogP contribution in [0.4, 0.5) is 22.0 Å². The number of hydrogen-bond acceptors (Lipinski definition) is 4. The van der Waals surface area contributed by atoms with Crippen molar-refractivity contribution in [3.63, 3.8) is 0 Å². The average molecular weight is 477 g/mol. The van der Waals surface area contributed by atoms with Crippen molar-refractivity contribution < 1.29 is 4.79 Å². The predicted octanol–water partition coefficient (Wildman–Crippen LogP) is 6.82. The van der Waals surface area contributed by atoms with Crippen molar-refractivity contribution in [2.75, 3.05) is 16.4 Å². The molecule has 5 rings (SSSR count). The van der Waals surface area contributed by atoms with Crippen LogP contribution in [0, 0.1) is 0 Å². The van der Waals surface area contributed by atoms with Gasteiger partial charge in [-0.3, -0.25) is 5.10 Å². The van der Waals surface area contributed by atoms with Crippen LogP contribution in [0.5, 0.6) is 0 Å². The standard InChI is InChI=1S/C29H28N6O/c1-29(2,3)24-17-23(25-26(30)34-35-27(25)33-24)20-11-15-22(16-12-20)32-28(36)31-21-13-9-19(10-14-21)18-7-5-4-6-8-18/h4-17H,1-3H3,(H2,31,32,36)(H3,30,33,34,35). The number of urea groups is 1. The zero-order valence-corrected chi connectivity index (χ0v) is 20.5. The highest BCUT2D eigenvalue weighted by Crippen LogP contribution is 2.35. The van der Waals surface area contributed by atoms with E-state index in [2.05, 4.69) is 59.8 Å². The molecule has 0 spiro atoms. The van der Waals surface area contributed by atoms with E-state index in [1.165, 1.54) is 0 Å². The molecule has 0 aliphatic carbocycles. The first-order valence-electron chi connectivity index (χ1n) is 11.8. The highest BCUT2D eigenvalue weighted by atomic mass is 16.2. The molecule has 0 aliphatic rings. The first kappa shape index (κ1) is 23.1.